The van der Waals surface area contributed by atoms with Crippen LogP contribution in [-0.2, 0) is 0 Å². The van der Waals surface area contributed by atoms with Gasteiger partial charge in [0, 0.05) is 11.8 Å². The smallest absolute Gasteiger partial charge is 0.344 e. The lowest BCUT2D eigenvalue weighted by Crippen LogP contribution is -2.22. The van der Waals surface area contributed by atoms with Gasteiger partial charge in [0.1, 0.15) is 17.6 Å². The Hall–Kier alpha value is -5.25. The lowest BCUT2D eigenvalue weighted by Gasteiger charge is -2.28. The van der Waals surface area contributed by atoms with E-state index in [4.69, 9.17) is 23.6 Å². The van der Waals surface area contributed by atoms with E-state index in [1.54, 1.807) is 43.1 Å². The van der Waals surface area contributed by atoms with E-state index >= 15 is 0 Å². The molecular weight excluding hydrogens is 486 g/mol. The Morgan fingerprint density at radius 3 is 2.61 bits per heavy atom. The first-order valence-corrected chi connectivity index (χ1v) is 11.8. The fourth-order valence-electron chi connectivity index (χ4n) is 4.98. The Kier molecular flexibility index (Phi) is 4.87. The third kappa shape index (κ3) is 3.16. The summed E-state index contributed by atoms with van der Waals surface area (Å²) < 4.78 is 25.0. The minimum atomic E-state index is -0.711. The summed E-state index contributed by atoms with van der Waals surface area (Å²) in [6.07, 6.45) is 3.21. The monoisotopic (exact) mass is 505 g/mol. The summed E-state index contributed by atoms with van der Waals surface area (Å²) in [6.45, 7) is 0. The largest absolute Gasteiger partial charge is 0.493 e. The summed E-state index contributed by atoms with van der Waals surface area (Å²) in [5, 5.41) is 5.24. The Bertz CT molecular complexity index is 1920. The van der Waals surface area contributed by atoms with Gasteiger partial charge in [0.05, 0.1) is 36.7 Å². The van der Waals surface area contributed by atoms with E-state index in [0.29, 0.717) is 68.0 Å². The fraction of sp³-hybridized carbons (Fsp3) is 0.107. The van der Waals surface area contributed by atoms with E-state index in [1.165, 1.54) is 6.33 Å². The van der Waals surface area contributed by atoms with Gasteiger partial charge in [-0.25, -0.2) is 19.3 Å². The van der Waals surface area contributed by atoms with Crippen LogP contribution in [0.25, 0.3) is 28.1 Å². The molecule has 7 rings (SSSR count). The van der Waals surface area contributed by atoms with E-state index in [9.17, 15) is 4.79 Å². The van der Waals surface area contributed by atoms with Crippen LogP contribution in [-0.4, -0.2) is 38.8 Å². The average molecular weight is 505 g/mol. The van der Waals surface area contributed by atoms with Crippen LogP contribution in [0.5, 0.6) is 23.1 Å². The minimum absolute atomic E-state index is 0.301. The van der Waals surface area contributed by atoms with E-state index in [0.717, 1.165) is 0 Å². The number of ether oxygens (including phenoxy) is 3. The molecule has 6 aromatic rings. The summed E-state index contributed by atoms with van der Waals surface area (Å²) in [5.74, 6) is 1.36. The molecule has 0 aliphatic carbocycles. The highest BCUT2D eigenvalue weighted by Gasteiger charge is 2.39. The van der Waals surface area contributed by atoms with Gasteiger partial charge < -0.3 is 18.6 Å². The molecule has 0 amide bonds. The number of fused-ring (bicyclic) bond motifs is 6. The summed E-state index contributed by atoms with van der Waals surface area (Å²) >= 11 is 0. The van der Waals surface area contributed by atoms with Crippen LogP contribution in [0.2, 0.25) is 0 Å². The van der Waals surface area contributed by atoms with Crippen LogP contribution in [0.15, 0.2) is 82.4 Å². The number of aromatic nitrogens is 5. The highest BCUT2D eigenvalue weighted by molar-refractivity contribution is 5.87. The molecule has 1 aliphatic heterocycles. The molecule has 0 saturated heterocycles. The first kappa shape index (κ1) is 22.0. The molecule has 0 fully saturated rings. The van der Waals surface area contributed by atoms with Gasteiger partial charge in [0.15, 0.2) is 22.9 Å². The second-order valence-electron chi connectivity index (χ2n) is 8.63. The van der Waals surface area contributed by atoms with Crippen molar-refractivity contribution in [2.75, 3.05) is 14.2 Å². The number of para-hydroxylation sites is 2. The van der Waals surface area contributed by atoms with Gasteiger partial charge in [0.2, 0.25) is 11.7 Å². The molecule has 0 spiro atoms. The first-order chi connectivity index (χ1) is 18.7. The van der Waals surface area contributed by atoms with E-state index in [1.807, 2.05) is 42.5 Å². The predicted octanol–water partition coefficient (Wildman–Crippen LogP) is 4.60. The maximum atomic E-state index is 13.6. The summed E-state index contributed by atoms with van der Waals surface area (Å²) in [7, 11) is 3.12. The molecule has 0 bridgehead atoms. The van der Waals surface area contributed by atoms with Crippen molar-refractivity contribution in [2.45, 2.75) is 5.92 Å². The molecule has 0 radical (unpaired) electrons. The maximum absolute atomic E-state index is 13.6. The number of hydrogen-bond acceptors (Lipinski definition) is 9. The molecule has 38 heavy (non-hydrogen) atoms. The Balaban J connectivity index is 1.59. The van der Waals surface area contributed by atoms with Crippen LogP contribution in [0.1, 0.15) is 22.6 Å². The lowest BCUT2D eigenvalue weighted by molar-refractivity contribution is 0.349. The molecular formula is C28H19N5O5. The van der Waals surface area contributed by atoms with Crippen molar-refractivity contribution < 1.29 is 18.6 Å². The molecule has 5 heterocycles. The lowest BCUT2D eigenvalue weighted by atomic mass is 9.83. The number of rotatable bonds is 4. The Labute approximate surface area is 215 Å². The number of hydrogen-bond donors (Lipinski definition) is 0. The molecule has 1 unspecified atom stereocenters. The summed E-state index contributed by atoms with van der Waals surface area (Å²) in [5.41, 5.74) is 2.45. The van der Waals surface area contributed by atoms with Crippen molar-refractivity contribution in [1.29, 1.82) is 0 Å². The van der Waals surface area contributed by atoms with Gasteiger partial charge in [-0.05, 0) is 30.3 Å². The molecule has 0 saturated carbocycles. The molecule has 2 aromatic carbocycles. The molecule has 0 N–H and O–H groups in total. The molecule has 1 aliphatic rings. The second-order valence-corrected chi connectivity index (χ2v) is 8.63. The Morgan fingerprint density at radius 2 is 1.79 bits per heavy atom. The number of methoxy groups -OCH3 is 2. The SMILES string of the molecule is COc1cccc(C2c3c(c4ccccc4oc3=O)Oc3ncn4nc(-c5ccccn5)nc4c32)c1OC. The summed E-state index contributed by atoms with van der Waals surface area (Å²) in [6, 6.07) is 18.2. The van der Waals surface area contributed by atoms with Crippen molar-refractivity contribution in [3.63, 3.8) is 0 Å². The van der Waals surface area contributed by atoms with Crippen LogP contribution in [0.4, 0.5) is 0 Å². The van der Waals surface area contributed by atoms with Crippen molar-refractivity contribution in [2.24, 2.45) is 0 Å². The number of pyridine rings is 1. The molecule has 10 nitrogen and oxygen atoms in total. The number of benzene rings is 2. The number of nitrogens with zero attached hydrogens (tertiary/aromatic N) is 5. The van der Waals surface area contributed by atoms with E-state index in [2.05, 4.69) is 15.1 Å². The van der Waals surface area contributed by atoms with Gasteiger partial charge in [-0.3, -0.25) is 4.98 Å². The predicted molar refractivity (Wildman–Crippen MR) is 137 cm³/mol. The topological polar surface area (TPSA) is 114 Å². The second kappa shape index (κ2) is 8.41. The van der Waals surface area contributed by atoms with E-state index < -0.39 is 11.5 Å². The highest BCUT2D eigenvalue weighted by Crippen LogP contribution is 2.51. The molecule has 10 heteroatoms. The fourth-order valence-corrected chi connectivity index (χ4v) is 4.98. The minimum Gasteiger partial charge on any atom is -0.493 e. The van der Waals surface area contributed by atoms with E-state index in [-0.39, 0.29) is 0 Å². The normalized spacial score (nSPS) is 14.1. The average Bonchev–Trinajstić information content (AvgIpc) is 3.41. The van der Waals surface area contributed by atoms with Gasteiger partial charge in [0.25, 0.3) is 0 Å². The van der Waals surface area contributed by atoms with Crippen molar-refractivity contribution >= 4 is 16.6 Å². The van der Waals surface area contributed by atoms with Crippen LogP contribution >= 0.6 is 0 Å². The maximum Gasteiger partial charge on any atom is 0.344 e. The van der Waals surface area contributed by atoms with Crippen molar-refractivity contribution in [1.82, 2.24) is 24.6 Å². The quantitative estimate of drug-likeness (QED) is 0.317. The summed E-state index contributed by atoms with van der Waals surface area (Å²) in [4.78, 5) is 27.3. The molecule has 186 valence electrons. The molecule has 4 aromatic heterocycles. The van der Waals surface area contributed by atoms with Crippen molar-refractivity contribution in [3.8, 4) is 34.6 Å². The molecule has 1 atom stereocenters. The zero-order valence-corrected chi connectivity index (χ0v) is 20.3. The van der Waals surface area contributed by atoms with Gasteiger partial charge in [-0.1, -0.05) is 30.3 Å². The van der Waals surface area contributed by atoms with Gasteiger partial charge in [-0.15, -0.1) is 5.10 Å². The van der Waals surface area contributed by atoms with Crippen LogP contribution in [0, 0.1) is 0 Å². The standard InChI is InChI=1S/C28H19N5O5/c1-35-19-12-7-9-16(23(19)36-2)20-21-24(15-8-3-4-11-18(15)37-28(21)34)38-27-22(20)26-31-25(32-33(26)14-30-27)17-10-5-6-13-29-17/h3-14,20H,1-2H3. The third-order valence-corrected chi connectivity index (χ3v) is 6.60. The van der Waals surface area contributed by atoms with Gasteiger partial charge in [-0.2, -0.15) is 0 Å². The van der Waals surface area contributed by atoms with Crippen LogP contribution < -0.4 is 19.8 Å². The highest BCUT2D eigenvalue weighted by atomic mass is 16.5. The van der Waals surface area contributed by atoms with Crippen molar-refractivity contribution in [3.05, 3.63) is 100 Å². The third-order valence-electron chi connectivity index (χ3n) is 6.60. The van der Waals surface area contributed by atoms with Gasteiger partial charge >= 0.3 is 5.63 Å². The Morgan fingerprint density at radius 1 is 0.921 bits per heavy atom. The zero-order chi connectivity index (χ0) is 25.8. The zero-order valence-electron chi connectivity index (χ0n) is 20.3. The van der Waals surface area contributed by atoms with Crippen LogP contribution in [0.3, 0.4) is 0 Å². The first-order valence-electron chi connectivity index (χ1n) is 11.8.